The van der Waals surface area contributed by atoms with Crippen LogP contribution in [0, 0.1) is 0 Å². The smallest absolute Gasteiger partial charge is 0.244 e. The molecule has 29 heavy (non-hydrogen) atoms. The Labute approximate surface area is 177 Å². The standard InChI is InChI=1S/C25H26N2OS/c1-29-25-23(24(28)27(25)19-22-15-9-4-10-16-22)26(17-20-11-5-2-6-12-20)18-21-13-7-3-8-14-21/h2-16,23,25H,17-19H2,1H3/t23-,25-/m0/s1. The molecule has 0 aromatic heterocycles. The number of amides is 1. The van der Waals surface area contributed by atoms with Crippen molar-refractivity contribution in [2.24, 2.45) is 0 Å². The number of carbonyl (C=O) groups excluding carboxylic acids is 1. The minimum Gasteiger partial charge on any atom is -0.323 e. The maximum Gasteiger partial charge on any atom is 0.244 e. The Kier molecular flexibility index (Phi) is 6.33. The van der Waals surface area contributed by atoms with Gasteiger partial charge in [0.15, 0.2) is 0 Å². The maximum absolute atomic E-state index is 13.2. The van der Waals surface area contributed by atoms with E-state index >= 15 is 0 Å². The lowest BCUT2D eigenvalue weighted by atomic mass is 10.0. The van der Waals surface area contributed by atoms with E-state index in [1.54, 1.807) is 11.8 Å². The molecule has 0 radical (unpaired) electrons. The fourth-order valence-electron chi connectivity index (χ4n) is 3.93. The van der Waals surface area contributed by atoms with E-state index in [0.717, 1.165) is 13.1 Å². The van der Waals surface area contributed by atoms with Crippen molar-refractivity contribution in [3.63, 3.8) is 0 Å². The van der Waals surface area contributed by atoms with Crippen LogP contribution in [0.3, 0.4) is 0 Å². The predicted molar refractivity (Wildman–Crippen MR) is 120 cm³/mol. The minimum atomic E-state index is -0.103. The molecule has 0 bridgehead atoms. The Morgan fingerprint density at radius 2 is 1.21 bits per heavy atom. The number of rotatable bonds is 8. The Morgan fingerprint density at radius 1 is 0.759 bits per heavy atom. The molecule has 3 aromatic rings. The molecule has 3 nitrogen and oxygen atoms in total. The third-order valence-corrected chi connectivity index (χ3v) is 6.40. The van der Waals surface area contributed by atoms with Gasteiger partial charge in [0.2, 0.25) is 5.91 Å². The quantitative estimate of drug-likeness (QED) is 0.506. The molecule has 4 heteroatoms. The maximum atomic E-state index is 13.2. The van der Waals surface area contributed by atoms with Gasteiger partial charge < -0.3 is 4.90 Å². The number of nitrogens with zero attached hydrogens (tertiary/aromatic N) is 2. The van der Waals surface area contributed by atoms with Gasteiger partial charge in [-0.15, -0.1) is 11.8 Å². The third-order valence-electron chi connectivity index (χ3n) is 5.40. The summed E-state index contributed by atoms with van der Waals surface area (Å²) in [6.45, 7) is 2.21. The van der Waals surface area contributed by atoms with Crippen LogP contribution in [-0.4, -0.2) is 33.4 Å². The zero-order valence-corrected chi connectivity index (χ0v) is 17.5. The molecule has 0 saturated carbocycles. The summed E-state index contributed by atoms with van der Waals surface area (Å²) in [6.07, 6.45) is 2.10. The highest BCUT2D eigenvalue weighted by Crippen LogP contribution is 2.35. The molecule has 4 rings (SSSR count). The van der Waals surface area contributed by atoms with Crippen molar-refractivity contribution >= 4 is 17.7 Å². The van der Waals surface area contributed by atoms with Crippen LogP contribution in [-0.2, 0) is 24.4 Å². The Bertz CT molecular complexity index is 876. The van der Waals surface area contributed by atoms with E-state index in [0.29, 0.717) is 6.54 Å². The van der Waals surface area contributed by atoms with Gasteiger partial charge >= 0.3 is 0 Å². The molecule has 1 amide bonds. The molecular formula is C25H26N2OS. The third kappa shape index (κ3) is 4.55. The minimum absolute atomic E-state index is 0.103. The monoisotopic (exact) mass is 402 g/mol. The van der Waals surface area contributed by atoms with Crippen LogP contribution in [0.4, 0.5) is 0 Å². The average molecular weight is 403 g/mol. The predicted octanol–water partition coefficient (Wildman–Crippen LogP) is 4.79. The second-order valence-corrected chi connectivity index (χ2v) is 8.35. The molecule has 0 N–H and O–H groups in total. The van der Waals surface area contributed by atoms with Crippen molar-refractivity contribution in [3.8, 4) is 0 Å². The van der Waals surface area contributed by atoms with E-state index in [-0.39, 0.29) is 17.3 Å². The first kappa shape index (κ1) is 19.7. The van der Waals surface area contributed by atoms with E-state index in [2.05, 4.69) is 71.8 Å². The lowest BCUT2D eigenvalue weighted by Gasteiger charge is -2.50. The van der Waals surface area contributed by atoms with E-state index in [4.69, 9.17) is 0 Å². The SMILES string of the molecule is CS[C@H]1[C@@H](N(Cc2ccccc2)Cc2ccccc2)C(=O)N1Cc1ccccc1. The van der Waals surface area contributed by atoms with Crippen LogP contribution in [0.5, 0.6) is 0 Å². The van der Waals surface area contributed by atoms with Crippen molar-refractivity contribution in [1.29, 1.82) is 0 Å². The first-order valence-electron chi connectivity index (χ1n) is 9.95. The topological polar surface area (TPSA) is 23.6 Å². The summed E-state index contributed by atoms with van der Waals surface area (Å²) in [7, 11) is 0. The molecule has 148 valence electrons. The summed E-state index contributed by atoms with van der Waals surface area (Å²) in [5.41, 5.74) is 3.64. The number of carbonyl (C=O) groups is 1. The van der Waals surface area contributed by atoms with Crippen molar-refractivity contribution in [2.75, 3.05) is 6.26 Å². The molecule has 1 aliphatic heterocycles. The van der Waals surface area contributed by atoms with Crippen LogP contribution in [0.2, 0.25) is 0 Å². The normalized spacial score (nSPS) is 18.7. The Hall–Kier alpha value is -2.56. The number of benzene rings is 3. The number of hydrogen-bond acceptors (Lipinski definition) is 3. The van der Waals surface area contributed by atoms with E-state index in [1.165, 1.54) is 16.7 Å². The lowest BCUT2D eigenvalue weighted by molar-refractivity contribution is -0.155. The van der Waals surface area contributed by atoms with E-state index in [1.807, 2.05) is 35.2 Å². The van der Waals surface area contributed by atoms with Gasteiger partial charge in [-0.1, -0.05) is 91.0 Å². The first-order chi connectivity index (χ1) is 14.3. The molecule has 0 unspecified atom stereocenters. The molecule has 1 heterocycles. The fraction of sp³-hybridized carbons (Fsp3) is 0.240. The largest absolute Gasteiger partial charge is 0.323 e. The highest BCUT2D eigenvalue weighted by Gasteiger charge is 2.49. The van der Waals surface area contributed by atoms with Crippen LogP contribution in [0.1, 0.15) is 16.7 Å². The zero-order chi connectivity index (χ0) is 20.1. The van der Waals surface area contributed by atoms with Gasteiger partial charge in [0.1, 0.15) is 11.4 Å². The molecule has 2 atom stereocenters. The van der Waals surface area contributed by atoms with Crippen LogP contribution >= 0.6 is 11.8 Å². The van der Waals surface area contributed by atoms with Crippen molar-refractivity contribution in [2.45, 2.75) is 31.0 Å². The van der Waals surface area contributed by atoms with Gasteiger partial charge in [0.05, 0.1) is 0 Å². The van der Waals surface area contributed by atoms with Gasteiger partial charge in [-0.25, -0.2) is 0 Å². The molecule has 3 aromatic carbocycles. The second-order valence-electron chi connectivity index (χ2n) is 7.40. The summed E-state index contributed by atoms with van der Waals surface area (Å²) in [6, 6.07) is 31.0. The van der Waals surface area contributed by atoms with Gasteiger partial charge in [0.25, 0.3) is 0 Å². The molecule has 1 fully saturated rings. The molecule has 1 aliphatic rings. The second kappa shape index (κ2) is 9.29. The molecule has 0 spiro atoms. The van der Waals surface area contributed by atoms with E-state index < -0.39 is 0 Å². The zero-order valence-electron chi connectivity index (χ0n) is 16.6. The fourth-order valence-corrected chi connectivity index (χ4v) is 4.91. The summed E-state index contributed by atoms with van der Waals surface area (Å²) in [4.78, 5) is 17.6. The van der Waals surface area contributed by atoms with Crippen molar-refractivity contribution in [3.05, 3.63) is 108 Å². The Morgan fingerprint density at radius 3 is 1.66 bits per heavy atom. The summed E-state index contributed by atoms with van der Waals surface area (Å²) >= 11 is 1.76. The number of likely N-dealkylation sites (tertiary alicyclic amines) is 1. The van der Waals surface area contributed by atoms with Crippen LogP contribution in [0.15, 0.2) is 91.0 Å². The van der Waals surface area contributed by atoms with Crippen LogP contribution < -0.4 is 0 Å². The molecule has 0 aliphatic carbocycles. The van der Waals surface area contributed by atoms with E-state index in [9.17, 15) is 4.79 Å². The van der Waals surface area contributed by atoms with Gasteiger partial charge in [-0.05, 0) is 22.9 Å². The highest BCUT2D eigenvalue weighted by atomic mass is 32.2. The van der Waals surface area contributed by atoms with Crippen molar-refractivity contribution in [1.82, 2.24) is 9.80 Å². The molecule has 1 saturated heterocycles. The number of hydrogen-bond donors (Lipinski definition) is 0. The van der Waals surface area contributed by atoms with Gasteiger partial charge in [-0.2, -0.15) is 0 Å². The molecular weight excluding hydrogens is 376 g/mol. The lowest BCUT2D eigenvalue weighted by Crippen LogP contribution is -2.68. The summed E-state index contributed by atoms with van der Waals surface area (Å²) in [5, 5.41) is 0.162. The van der Waals surface area contributed by atoms with Crippen LogP contribution in [0.25, 0.3) is 0 Å². The number of β-lactam (4-membered cyclic amide) rings is 1. The summed E-state index contributed by atoms with van der Waals surface area (Å²) in [5.74, 6) is 0.222. The Balaban J connectivity index is 1.55. The van der Waals surface area contributed by atoms with Gasteiger partial charge in [0, 0.05) is 19.6 Å². The summed E-state index contributed by atoms with van der Waals surface area (Å²) < 4.78 is 0. The number of thioether (sulfide) groups is 1. The van der Waals surface area contributed by atoms with Gasteiger partial charge in [-0.3, -0.25) is 9.69 Å². The average Bonchev–Trinajstić information content (AvgIpc) is 2.77. The first-order valence-corrected chi connectivity index (χ1v) is 11.2. The highest BCUT2D eigenvalue weighted by molar-refractivity contribution is 7.99. The van der Waals surface area contributed by atoms with Crippen molar-refractivity contribution < 1.29 is 4.79 Å².